The number of nitrogens with one attached hydrogen (secondary N) is 1. The van der Waals surface area contributed by atoms with Crippen LogP contribution in [-0.2, 0) is 13.1 Å². The van der Waals surface area contributed by atoms with E-state index in [1.54, 1.807) is 30.5 Å². The highest BCUT2D eigenvalue weighted by atomic mass is 35.5. The van der Waals surface area contributed by atoms with E-state index in [4.69, 9.17) is 11.6 Å². The molecule has 1 N–H and O–H groups in total. The quantitative estimate of drug-likeness (QED) is 0.496. The van der Waals surface area contributed by atoms with Gasteiger partial charge in [0, 0.05) is 19.3 Å². The number of aromatic nitrogens is 3. The zero-order valence-electron chi connectivity index (χ0n) is 16.2. The Morgan fingerprint density at radius 3 is 2.55 bits per heavy atom. The number of pyridine rings is 1. The third kappa shape index (κ3) is 4.20. The van der Waals surface area contributed by atoms with Crippen molar-refractivity contribution in [2.24, 2.45) is 0 Å². The molecule has 0 atom stereocenters. The van der Waals surface area contributed by atoms with Crippen LogP contribution in [0.4, 0.5) is 8.78 Å². The van der Waals surface area contributed by atoms with E-state index in [1.807, 2.05) is 0 Å². The van der Waals surface area contributed by atoms with Crippen molar-refractivity contribution in [1.29, 1.82) is 0 Å². The molecule has 0 aliphatic heterocycles. The maximum Gasteiger partial charge on any atom is 0.330 e. The maximum absolute atomic E-state index is 13.9. The van der Waals surface area contributed by atoms with E-state index in [0.29, 0.717) is 11.2 Å². The summed E-state index contributed by atoms with van der Waals surface area (Å²) in [5.41, 5.74) is 1.26. The van der Waals surface area contributed by atoms with Crippen LogP contribution in [0.3, 0.4) is 0 Å². The van der Waals surface area contributed by atoms with Crippen LogP contribution < -0.4 is 11.0 Å². The average Bonchev–Trinajstić information content (AvgIpc) is 3.01. The van der Waals surface area contributed by atoms with Gasteiger partial charge in [-0.1, -0.05) is 29.8 Å². The SMILES string of the molecule is O=C(NCCn1c(=O)n(Cc2ccc(F)cc2)c2cccnc21)c1c(F)cccc1Cl. The van der Waals surface area contributed by atoms with Gasteiger partial charge in [-0.05, 0) is 42.0 Å². The molecule has 0 spiro atoms. The van der Waals surface area contributed by atoms with Gasteiger partial charge in [-0.15, -0.1) is 0 Å². The minimum absolute atomic E-state index is 0.00670. The summed E-state index contributed by atoms with van der Waals surface area (Å²) in [6.45, 7) is 0.432. The Morgan fingerprint density at radius 1 is 1.03 bits per heavy atom. The molecule has 2 aromatic heterocycles. The Morgan fingerprint density at radius 2 is 1.81 bits per heavy atom. The lowest BCUT2D eigenvalue weighted by Crippen LogP contribution is -2.32. The number of benzene rings is 2. The highest BCUT2D eigenvalue weighted by molar-refractivity contribution is 6.33. The van der Waals surface area contributed by atoms with Crippen LogP contribution in [0.1, 0.15) is 15.9 Å². The molecule has 6 nitrogen and oxygen atoms in total. The van der Waals surface area contributed by atoms with Gasteiger partial charge in [0.2, 0.25) is 0 Å². The second-order valence-corrected chi connectivity index (χ2v) is 7.25. The van der Waals surface area contributed by atoms with Gasteiger partial charge in [0.25, 0.3) is 5.91 Å². The molecule has 4 aromatic rings. The van der Waals surface area contributed by atoms with Crippen molar-refractivity contribution in [2.75, 3.05) is 6.54 Å². The van der Waals surface area contributed by atoms with Gasteiger partial charge < -0.3 is 5.32 Å². The maximum atomic E-state index is 13.9. The fourth-order valence-electron chi connectivity index (χ4n) is 3.36. The number of halogens is 3. The van der Waals surface area contributed by atoms with E-state index in [1.165, 1.54) is 33.4 Å². The first-order valence-corrected chi connectivity index (χ1v) is 9.84. The highest BCUT2D eigenvalue weighted by Crippen LogP contribution is 2.18. The molecular weight excluding hydrogens is 426 g/mol. The van der Waals surface area contributed by atoms with Crippen LogP contribution in [0.15, 0.2) is 65.6 Å². The van der Waals surface area contributed by atoms with Crippen LogP contribution in [0.5, 0.6) is 0 Å². The summed E-state index contributed by atoms with van der Waals surface area (Å²) in [7, 11) is 0. The average molecular weight is 443 g/mol. The van der Waals surface area contributed by atoms with E-state index in [-0.39, 0.29) is 41.7 Å². The summed E-state index contributed by atoms with van der Waals surface area (Å²) in [4.78, 5) is 29.6. The second-order valence-electron chi connectivity index (χ2n) is 6.85. The molecule has 0 unspecified atom stereocenters. The molecule has 0 radical (unpaired) electrons. The van der Waals surface area contributed by atoms with E-state index >= 15 is 0 Å². The number of nitrogens with zero attached hydrogens (tertiary/aromatic N) is 3. The van der Waals surface area contributed by atoms with Crippen LogP contribution in [0, 0.1) is 11.6 Å². The number of carbonyl (C=O) groups is 1. The summed E-state index contributed by atoms with van der Waals surface area (Å²) >= 11 is 5.92. The van der Waals surface area contributed by atoms with E-state index in [9.17, 15) is 18.4 Å². The van der Waals surface area contributed by atoms with Crippen molar-refractivity contribution in [3.05, 3.63) is 99.1 Å². The van der Waals surface area contributed by atoms with Crippen molar-refractivity contribution in [3.8, 4) is 0 Å². The summed E-state index contributed by atoms with van der Waals surface area (Å²) in [5, 5.41) is 2.59. The van der Waals surface area contributed by atoms with Crippen molar-refractivity contribution in [3.63, 3.8) is 0 Å². The molecule has 31 heavy (non-hydrogen) atoms. The van der Waals surface area contributed by atoms with Crippen LogP contribution in [0.2, 0.25) is 5.02 Å². The fourth-order valence-corrected chi connectivity index (χ4v) is 3.61. The van der Waals surface area contributed by atoms with Crippen molar-refractivity contribution in [2.45, 2.75) is 13.1 Å². The minimum atomic E-state index is -0.722. The van der Waals surface area contributed by atoms with Gasteiger partial charge in [-0.25, -0.2) is 18.6 Å². The molecule has 0 saturated heterocycles. The first kappa shape index (κ1) is 20.7. The third-order valence-corrected chi connectivity index (χ3v) is 5.15. The zero-order chi connectivity index (χ0) is 22.0. The van der Waals surface area contributed by atoms with Crippen molar-refractivity contribution >= 4 is 28.7 Å². The lowest BCUT2D eigenvalue weighted by Gasteiger charge is -2.08. The summed E-state index contributed by atoms with van der Waals surface area (Å²) in [6.07, 6.45) is 1.57. The number of carbonyl (C=O) groups excluding carboxylic acids is 1. The standard InChI is InChI=1S/C22H17ClF2N4O2/c23-16-3-1-4-17(25)19(16)21(30)27-11-12-28-20-18(5-2-10-26-20)29(22(28)31)13-14-6-8-15(24)9-7-14/h1-10H,11-13H2,(H,27,30). The minimum Gasteiger partial charge on any atom is -0.350 e. The van der Waals surface area contributed by atoms with Gasteiger partial charge in [-0.2, -0.15) is 0 Å². The molecule has 0 aliphatic carbocycles. The van der Waals surface area contributed by atoms with Gasteiger partial charge in [0.1, 0.15) is 11.6 Å². The van der Waals surface area contributed by atoms with Gasteiger partial charge in [0.15, 0.2) is 5.65 Å². The summed E-state index contributed by atoms with van der Waals surface area (Å²) < 4.78 is 30.1. The molecule has 158 valence electrons. The molecular formula is C22H17ClF2N4O2. The lowest BCUT2D eigenvalue weighted by molar-refractivity contribution is 0.0948. The molecule has 9 heteroatoms. The van der Waals surface area contributed by atoms with Gasteiger partial charge in [-0.3, -0.25) is 13.9 Å². The monoisotopic (exact) mass is 442 g/mol. The van der Waals surface area contributed by atoms with Gasteiger partial charge >= 0.3 is 5.69 Å². The molecule has 0 saturated carbocycles. The molecule has 0 aliphatic rings. The third-order valence-electron chi connectivity index (χ3n) is 4.84. The van der Waals surface area contributed by atoms with E-state index < -0.39 is 11.7 Å². The first-order valence-electron chi connectivity index (χ1n) is 9.46. The molecule has 0 fully saturated rings. The predicted octanol–water partition coefficient (Wildman–Crippen LogP) is 3.61. The Hall–Kier alpha value is -3.52. The number of imidazole rings is 1. The van der Waals surface area contributed by atoms with Crippen molar-refractivity contribution in [1.82, 2.24) is 19.4 Å². The summed E-state index contributed by atoms with van der Waals surface area (Å²) in [5.74, 6) is -1.75. The predicted molar refractivity (Wildman–Crippen MR) is 113 cm³/mol. The zero-order valence-corrected chi connectivity index (χ0v) is 16.9. The van der Waals surface area contributed by atoms with Crippen molar-refractivity contribution < 1.29 is 13.6 Å². The molecule has 2 heterocycles. The molecule has 0 bridgehead atoms. The summed E-state index contributed by atoms with van der Waals surface area (Å²) in [6, 6.07) is 13.4. The fraction of sp³-hybridized carbons (Fsp3) is 0.136. The molecule has 4 rings (SSSR count). The first-order chi connectivity index (χ1) is 15.0. The largest absolute Gasteiger partial charge is 0.350 e. The number of amides is 1. The van der Waals surface area contributed by atoms with E-state index in [0.717, 1.165) is 11.6 Å². The van der Waals surface area contributed by atoms with Crippen LogP contribution in [-0.4, -0.2) is 26.6 Å². The Balaban J connectivity index is 1.57. The number of rotatable bonds is 6. The molecule has 2 aromatic carbocycles. The molecule has 1 amide bonds. The number of hydrogen-bond donors (Lipinski definition) is 1. The number of hydrogen-bond acceptors (Lipinski definition) is 3. The topological polar surface area (TPSA) is 68.9 Å². The van der Waals surface area contributed by atoms with E-state index in [2.05, 4.69) is 10.3 Å². The Kier molecular flexibility index (Phi) is 5.81. The normalized spacial score (nSPS) is 11.1. The second kappa shape index (κ2) is 8.69. The van der Waals surface area contributed by atoms with Gasteiger partial charge in [0.05, 0.1) is 22.6 Å². The highest BCUT2D eigenvalue weighted by Gasteiger charge is 2.17. The lowest BCUT2D eigenvalue weighted by atomic mass is 10.2. The Labute approximate surface area is 180 Å². The Bertz CT molecular complexity index is 1300. The number of fused-ring (bicyclic) bond motifs is 1. The van der Waals surface area contributed by atoms with Crippen LogP contribution in [0.25, 0.3) is 11.2 Å². The van der Waals surface area contributed by atoms with Crippen LogP contribution >= 0.6 is 11.6 Å². The smallest absolute Gasteiger partial charge is 0.330 e.